The number of amidine groups is 1. The average molecular weight is 465 g/mol. The van der Waals surface area contributed by atoms with Gasteiger partial charge in [0.25, 0.3) is 5.91 Å². The maximum absolute atomic E-state index is 12.8. The number of carbonyl (C=O) groups excluding carboxylic acids is 1. The molecule has 178 valence electrons. The summed E-state index contributed by atoms with van der Waals surface area (Å²) in [4.78, 5) is 30.3. The quantitative estimate of drug-likeness (QED) is 0.637. The number of nitrogens with one attached hydrogen (secondary N) is 1. The predicted octanol–water partition coefficient (Wildman–Crippen LogP) is 1.42. The number of ether oxygens (including phenoxy) is 2. The number of pyridine rings is 1. The van der Waals surface area contributed by atoms with Crippen LogP contribution in [0.15, 0.2) is 46.6 Å². The molecule has 10 nitrogen and oxygen atoms in total. The lowest BCUT2D eigenvalue weighted by Crippen LogP contribution is -2.47. The van der Waals surface area contributed by atoms with Crippen LogP contribution in [0.5, 0.6) is 11.5 Å². The number of benzene rings is 1. The molecule has 0 radical (unpaired) electrons. The number of aromatic nitrogens is 1. The smallest absolute Gasteiger partial charge is 0.259 e. The fourth-order valence-electron chi connectivity index (χ4n) is 4.47. The van der Waals surface area contributed by atoms with E-state index in [1.165, 1.54) is 19.0 Å². The molecule has 4 heterocycles. The number of aliphatic hydroxyl groups excluding tert-OH is 1. The Hall–Kier alpha value is -3.50. The Morgan fingerprint density at radius 2 is 2.09 bits per heavy atom. The molecular weight excluding hydrogens is 436 g/mol. The Morgan fingerprint density at radius 1 is 1.24 bits per heavy atom. The number of hydrogen-bond donors (Lipinski definition) is 2. The van der Waals surface area contributed by atoms with Crippen LogP contribution in [0.2, 0.25) is 0 Å². The first kappa shape index (κ1) is 22.3. The van der Waals surface area contributed by atoms with Crippen LogP contribution >= 0.6 is 0 Å². The van der Waals surface area contributed by atoms with Gasteiger partial charge in [0.2, 0.25) is 5.96 Å². The highest BCUT2D eigenvalue weighted by atomic mass is 16.5. The van der Waals surface area contributed by atoms with Gasteiger partial charge in [0.05, 0.1) is 19.2 Å². The molecule has 1 atom stereocenters. The molecule has 5 rings (SSSR count). The van der Waals surface area contributed by atoms with E-state index in [0.717, 1.165) is 24.5 Å². The van der Waals surface area contributed by atoms with Crippen molar-refractivity contribution in [3.05, 3.63) is 47.8 Å². The molecule has 10 heteroatoms. The van der Waals surface area contributed by atoms with E-state index in [-0.39, 0.29) is 12.5 Å². The maximum atomic E-state index is 12.8. The molecule has 2 aromatic rings. The molecule has 1 saturated heterocycles. The number of β-amino-alcohol motifs (C(OH)–C–C–N with tert-alkyl or cyclic N) is 1. The number of fused-ring (bicyclic) bond motifs is 3. The maximum Gasteiger partial charge on any atom is 0.259 e. The third-order valence-electron chi connectivity index (χ3n) is 6.10. The van der Waals surface area contributed by atoms with Crippen molar-refractivity contribution in [1.82, 2.24) is 20.1 Å². The summed E-state index contributed by atoms with van der Waals surface area (Å²) in [6, 6.07) is 7.10. The molecule has 1 aromatic heterocycles. The number of methoxy groups -OCH3 is 1. The zero-order chi connectivity index (χ0) is 23.5. The summed E-state index contributed by atoms with van der Waals surface area (Å²) in [5, 5.41) is 13.3. The Bertz CT molecular complexity index is 1110. The van der Waals surface area contributed by atoms with Crippen LogP contribution in [0.25, 0.3) is 0 Å². The van der Waals surface area contributed by atoms with Gasteiger partial charge in [-0.05, 0) is 50.2 Å². The summed E-state index contributed by atoms with van der Waals surface area (Å²) in [7, 11) is 1.55. The Balaban J connectivity index is 1.39. The number of rotatable bonds is 7. The van der Waals surface area contributed by atoms with Crippen LogP contribution in [0.1, 0.15) is 28.8 Å². The van der Waals surface area contributed by atoms with E-state index in [9.17, 15) is 9.90 Å². The molecule has 0 bridgehead atoms. The molecule has 0 saturated carbocycles. The van der Waals surface area contributed by atoms with E-state index >= 15 is 0 Å². The summed E-state index contributed by atoms with van der Waals surface area (Å²) >= 11 is 0. The van der Waals surface area contributed by atoms with Crippen LogP contribution in [-0.4, -0.2) is 90.1 Å². The van der Waals surface area contributed by atoms with Crippen LogP contribution < -0.4 is 14.8 Å². The fourth-order valence-corrected chi connectivity index (χ4v) is 4.47. The molecule has 1 aromatic carbocycles. The Labute approximate surface area is 197 Å². The lowest BCUT2D eigenvalue weighted by Gasteiger charge is -2.28. The molecule has 1 amide bonds. The van der Waals surface area contributed by atoms with Gasteiger partial charge in [-0.3, -0.25) is 25.0 Å². The molecule has 0 aliphatic carbocycles. The first-order chi connectivity index (χ1) is 16.6. The number of aliphatic imine (C=N–C) groups is 2. The van der Waals surface area contributed by atoms with E-state index in [1.807, 2.05) is 17.0 Å². The van der Waals surface area contributed by atoms with E-state index in [1.54, 1.807) is 25.4 Å². The number of nitrogens with zero attached hydrogens (tertiary/aromatic N) is 5. The first-order valence-electron chi connectivity index (χ1n) is 11.5. The molecular formula is C24H28N6O4. The van der Waals surface area contributed by atoms with Crippen LogP contribution in [0, 0.1) is 0 Å². The van der Waals surface area contributed by atoms with Gasteiger partial charge in [0.1, 0.15) is 24.2 Å². The van der Waals surface area contributed by atoms with Crippen LogP contribution in [0.3, 0.4) is 0 Å². The van der Waals surface area contributed by atoms with Gasteiger partial charge < -0.3 is 19.5 Å². The molecule has 1 fully saturated rings. The van der Waals surface area contributed by atoms with Gasteiger partial charge in [0, 0.05) is 31.0 Å². The van der Waals surface area contributed by atoms with Crippen molar-refractivity contribution in [2.24, 2.45) is 9.98 Å². The number of hydrogen-bond acceptors (Lipinski definition) is 9. The molecule has 2 N–H and O–H groups in total. The largest absolute Gasteiger partial charge is 0.491 e. The van der Waals surface area contributed by atoms with Gasteiger partial charge in [-0.25, -0.2) is 4.99 Å². The Kier molecular flexibility index (Phi) is 6.41. The second kappa shape index (κ2) is 9.78. The van der Waals surface area contributed by atoms with Gasteiger partial charge >= 0.3 is 0 Å². The van der Waals surface area contributed by atoms with E-state index in [2.05, 4.69) is 20.2 Å². The van der Waals surface area contributed by atoms with E-state index < -0.39 is 6.10 Å². The second-order valence-electron chi connectivity index (χ2n) is 8.45. The molecule has 3 aliphatic heterocycles. The third kappa shape index (κ3) is 4.46. The summed E-state index contributed by atoms with van der Waals surface area (Å²) in [6.07, 6.45) is 4.86. The van der Waals surface area contributed by atoms with E-state index in [4.69, 9.17) is 14.5 Å². The minimum atomic E-state index is -0.605. The van der Waals surface area contributed by atoms with Gasteiger partial charge in [-0.1, -0.05) is 0 Å². The minimum absolute atomic E-state index is 0.146. The summed E-state index contributed by atoms with van der Waals surface area (Å²) in [5.41, 5.74) is 1.77. The zero-order valence-corrected chi connectivity index (χ0v) is 19.1. The second-order valence-corrected chi connectivity index (χ2v) is 8.45. The molecule has 3 aliphatic rings. The first-order valence-corrected chi connectivity index (χ1v) is 11.5. The van der Waals surface area contributed by atoms with Gasteiger partial charge in [-0.15, -0.1) is 0 Å². The standard InChI is InChI=1S/C24H28N6O4/c1-33-21-19(34-15-17(31)14-29-10-2-3-11-29)7-6-18-20(21)27-24(30-12-9-26-22(18)30)28-23(32)16-5-4-8-25-13-16/h4-8,13,17,31H,2-3,9-12,14-15H2,1H3,(H,27,28,32)/t17-/m0/s1. The van der Waals surface area contributed by atoms with Crippen molar-refractivity contribution in [3.63, 3.8) is 0 Å². The van der Waals surface area contributed by atoms with Crippen molar-refractivity contribution in [1.29, 1.82) is 0 Å². The summed E-state index contributed by atoms with van der Waals surface area (Å²) < 4.78 is 11.6. The highest BCUT2D eigenvalue weighted by molar-refractivity contribution is 6.20. The predicted molar refractivity (Wildman–Crippen MR) is 127 cm³/mol. The molecule has 0 spiro atoms. The lowest BCUT2D eigenvalue weighted by atomic mass is 10.1. The highest BCUT2D eigenvalue weighted by Crippen LogP contribution is 2.43. The minimum Gasteiger partial charge on any atom is -0.491 e. The Morgan fingerprint density at radius 3 is 2.85 bits per heavy atom. The van der Waals surface area contributed by atoms with Gasteiger partial charge in [-0.2, -0.15) is 0 Å². The van der Waals surface area contributed by atoms with E-state index in [0.29, 0.717) is 48.3 Å². The normalized spacial score (nSPS) is 18.0. The zero-order valence-electron chi connectivity index (χ0n) is 19.1. The highest BCUT2D eigenvalue weighted by Gasteiger charge is 2.33. The topological polar surface area (TPSA) is 112 Å². The van der Waals surface area contributed by atoms with Crippen LogP contribution in [-0.2, 0) is 0 Å². The van der Waals surface area contributed by atoms with Crippen molar-refractivity contribution >= 4 is 23.4 Å². The summed E-state index contributed by atoms with van der Waals surface area (Å²) in [5.74, 6) is 1.72. The van der Waals surface area contributed by atoms with Gasteiger partial charge in [0.15, 0.2) is 11.5 Å². The number of aliphatic hydroxyl groups is 1. The number of carbonyl (C=O) groups is 1. The van der Waals surface area contributed by atoms with Crippen LogP contribution in [0.4, 0.5) is 5.69 Å². The average Bonchev–Trinajstić information content (AvgIpc) is 3.55. The monoisotopic (exact) mass is 464 g/mol. The number of amides is 1. The van der Waals surface area contributed by atoms with Crippen molar-refractivity contribution in [3.8, 4) is 11.5 Å². The fraction of sp³-hybridized carbons (Fsp3) is 0.417. The van der Waals surface area contributed by atoms with Crippen molar-refractivity contribution in [2.45, 2.75) is 18.9 Å². The SMILES string of the molecule is COc1c(OC[C@@H](O)CN2CCCC2)ccc2c1N=C(NC(=O)c1cccnc1)N1CCN=C21. The number of guanidine groups is 1. The van der Waals surface area contributed by atoms with Crippen molar-refractivity contribution in [2.75, 3.05) is 46.4 Å². The van der Waals surface area contributed by atoms with Crippen molar-refractivity contribution < 1.29 is 19.4 Å². The lowest BCUT2D eigenvalue weighted by molar-refractivity contribution is 0.0747. The molecule has 34 heavy (non-hydrogen) atoms. The number of likely N-dealkylation sites (tertiary alicyclic amines) is 1. The third-order valence-corrected chi connectivity index (χ3v) is 6.10. The molecule has 0 unspecified atom stereocenters. The summed E-state index contributed by atoms with van der Waals surface area (Å²) in [6.45, 7) is 3.97.